The molecule has 0 aromatic carbocycles. The van der Waals surface area contributed by atoms with Gasteiger partial charge in [0.15, 0.2) is 0 Å². The Labute approximate surface area is 177 Å². The number of thioether (sulfide) groups is 1. The number of rotatable bonds is 7. The van der Waals surface area contributed by atoms with Crippen molar-refractivity contribution in [3.05, 3.63) is 44.4 Å². The first-order valence-corrected chi connectivity index (χ1v) is 11.3. The number of hydrogen-bond donors (Lipinski definition) is 1. The van der Waals surface area contributed by atoms with Crippen LogP contribution >= 0.6 is 23.1 Å². The van der Waals surface area contributed by atoms with Crippen molar-refractivity contribution in [2.75, 3.05) is 13.2 Å². The SMILES string of the molecule is CCCCOC(=O)C1=C(N)N2C(=O)[C@H](C)SC2=C(C(=O)OCC)[C@@H]1c1cccs1. The molecule has 2 aliphatic rings. The maximum absolute atomic E-state index is 13.0. The molecule has 2 atom stereocenters. The lowest BCUT2D eigenvalue weighted by molar-refractivity contribution is -0.140. The number of nitrogens with zero attached hydrogens (tertiary/aromatic N) is 1. The fourth-order valence-corrected chi connectivity index (χ4v) is 5.27. The van der Waals surface area contributed by atoms with Crippen molar-refractivity contribution >= 4 is 40.9 Å². The van der Waals surface area contributed by atoms with Gasteiger partial charge in [0.25, 0.3) is 0 Å². The van der Waals surface area contributed by atoms with E-state index < -0.39 is 23.1 Å². The van der Waals surface area contributed by atoms with Gasteiger partial charge in [-0.05, 0) is 31.7 Å². The summed E-state index contributed by atoms with van der Waals surface area (Å²) in [5.74, 6) is -2.16. The van der Waals surface area contributed by atoms with Crippen molar-refractivity contribution in [3.8, 4) is 0 Å². The highest BCUT2D eigenvalue weighted by molar-refractivity contribution is 8.04. The molecule has 156 valence electrons. The number of hydrogen-bond acceptors (Lipinski definition) is 8. The molecule has 3 heterocycles. The molecular weight excluding hydrogens is 412 g/mol. The molecule has 0 bridgehead atoms. The molecule has 2 aliphatic heterocycles. The summed E-state index contributed by atoms with van der Waals surface area (Å²) in [5.41, 5.74) is 6.71. The van der Waals surface area contributed by atoms with Crippen LogP contribution in [0.2, 0.25) is 0 Å². The van der Waals surface area contributed by atoms with Crippen LogP contribution in [0.3, 0.4) is 0 Å². The summed E-state index contributed by atoms with van der Waals surface area (Å²) >= 11 is 2.66. The predicted molar refractivity (Wildman–Crippen MR) is 112 cm³/mol. The molecule has 7 nitrogen and oxygen atoms in total. The van der Waals surface area contributed by atoms with E-state index in [2.05, 4.69) is 0 Å². The molecule has 1 aromatic rings. The average molecular weight is 437 g/mol. The fourth-order valence-electron chi connectivity index (χ4n) is 3.26. The Hall–Kier alpha value is -2.26. The molecule has 0 unspecified atom stereocenters. The lowest BCUT2D eigenvalue weighted by atomic mass is 9.86. The van der Waals surface area contributed by atoms with Gasteiger partial charge in [-0.1, -0.05) is 31.2 Å². The van der Waals surface area contributed by atoms with Crippen LogP contribution in [0.4, 0.5) is 0 Å². The highest BCUT2D eigenvalue weighted by atomic mass is 32.2. The molecule has 0 radical (unpaired) electrons. The van der Waals surface area contributed by atoms with E-state index >= 15 is 0 Å². The molecule has 1 aromatic heterocycles. The number of ether oxygens (including phenoxy) is 2. The standard InChI is InChI=1S/C20H24N2O5S2/c1-4-6-9-27-19(24)14-13(12-8-7-10-28-12)15(20(25)26-5-2)18-22(16(14)21)17(23)11(3)29-18/h7-8,10-11,13H,4-6,9,21H2,1-3H3/t11-,13+/m0/s1. The van der Waals surface area contributed by atoms with Gasteiger partial charge < -0.3 is 15.2 Å². The van der Waals surface area contributed by atoms with Crippen molar-refractivity contribution in [2.45, 2.75) is 44.8 Å². The van der Waals surface area contributed by atoms with Gasteiger partial charge >= 0.3 is 11.9 Å². The second kappa shape index (κ2) is 9.04. The van der Waals surface area contributed by atoms with E-state index in [1.54, 1.807) is 13.8 Å². The third kappa shape index (κ3) is 3.93. The normalized spacial score (nSPS) is 21.5. The second-order valence-corrected chi connectivity index (χ2v) is 8.92. The van der Waals surface area contributed by atoms with Crippen molar-refractivity contribution in [2.24, 2.45) is 5.73 Å². The van der Waals surface area contributed by atoms with E-state index in [1.165, 1.54) is 28.0 Å². The zero-order valence-corrected chi connectivity index (χ0v) is 18.2. The topological polar surface area (TPSA) is 98.9 Å². The van der Waals surface area contributed by atoms with Crippen LogP contribution in [-0.2, 0) is 23.9 Å². The number of thiophene rings is 1. The Kier molecular flexibility index (Phi) is 6.69. The smallest absolute Gasteiger partial charge is 0.338 e. The summed E-state index contributed by atoms with van der Waals surface area (Å²) in [4.78, 5) is 40.8. The Bertz CT molecular complexity index is 875. The van der Waals surface area contributed by atoms with Gasteiger partial charge in [-0.15, -0.1) is 11.3 Å². The third-order valence-electron chi connectivity index (χ3n) is 4.66. The molecular formula is C20H24N2O5S2. The maximum atomic E-state index is 13.0. The third-order valence-corrected chi connectivity index (χ3v) is 6.78. The first-order valence-electron chi connectivity index (χ1n) is 9.54. The van der Waals surface area contributed by atoms with E-state index in [4.69, 9.17) is 15.2 Å². The second-order valence-electron chi connectivity index (χ2n) is 6.61. The fraction of sp³-hybridized carbons (Fsp3) is 0.450. The van der Waals surface area contributed by atoms with Crippen molar-refractivity contribution < 1.29 is 23.9 Å². The van der Waals surface area contributed by atoms with E-state index in [-0.39, 0.29) is 36.1 Å². The number of amides is 1. The first kappa shape index (κ1) is 21.4. The molecule has 2 N–H and O–H groups in total. The first-order chi connectivity index (χ1) is 13.9. The summed E-state index contributed by atoms with van der Waals surface area (Å²) in [6.45, 7) is 5.87. The minimum atomic E-state index is -0.736. The highest BCUT2D eigenvalue weighted by Crippen LogP contribution is 2.50. The van der Waals surface area contributed by atoms with E-state index in [9.17, 15) is 14.4 Å². The quantitative estimate of drug-likeness (QED) is 0.518. The number of carbonyl (C=O) groups is 3. The Morgan fingerprint density at radius 3 is 2.55 bits per heavy atom. The van der Waals surface area contributed by atoms with Crippen LogP contribution in [-0.4, -0.2) is 41.2 Å². The van der Waals surface area contributed by atoms with Crippen molar-refractivity contribution in [1.82, 2.24) is 4.90 Å². The molecule has 1 amide bonds. The largest absolute Gasteiger partial charge is 0.463 e. The zero-order valence-electron chi connectivity index (χ0n) is 16.6. The van der Waals surface area contributed by atoms with Crippen LogP contribution in [0.1, 0.15) is 44.4 Å². The molecule has 1 fully saturated rings. The Balaban J connectivity index is 2.17. The van der Waals surface area contributed by atoms with Gasteiger partial charge in [0.1, 0.15) is 5.82 Å². The number of carbonyl (C=O) groups excluding carboxylic acids is 3. The minimum Gasteiger partial charge on any atom is -0.463 e. The summed E-state index contributed by atoms with van der Waals surface area (Å²) in [7, 11) is 0. The van der Waals surface area contributed by atoms with Crippen molar-refractivity contribution in [3.63, 3.8) is 0 Å². The zero-order chi connectivity index (χ0) is 21.1. The highest BCUT2D eigenvalue weighted by Gasteiger charge is 2.49. The number of nitrogens with two attached hydrogens (primary N) is 1. The summed E-state index contributed by atoms with van der Waals surface area (Å²) in [6.07, 6.45) is 1.58. The Morgan fingerprint density at radius 1 is 1.21 bits per heavy atom. The van der Waals surface area contributed by atoms with Crippen LogP contribution in [0.25, 0.3) is 0 Å². The van der Waals surface area contributed by atoms with Gasteiger partial charge in [-0.25, -0.2) is 9.59 Å². The van der Waals surface area contributed by atoms with E-state index in [0.717, 1.165) is 11.3 Å². The van der Waals surface area contributed by atoms with Gasteiger partial charge in [-0.3, -0.25) is 9.69 Å². The van der Waals surface area contributed by atoms with Gasteiger partial charge in [0, 0.05) is 4.88 Å². The number of unbranched alkanes of at least 4 members (excludes halogenated alkanes) is 1. The van der Waals surface area contributed by atoms with Gasteiger partial charge in [0.05, 0.1) is 40.6 Å². The van der Waals surface area contributed by atoms with E-state index in [1.807, 2.05) is 24.4 Å². The molecule has 29 heavy (non-hydrogen) atoms. The maximum Gasteiger partial charge on any atom is 0.338 e. The molecule has 0 saturated carbocycles. The molecule has 0 spiro atoms. The number of esters is 2. The monoisotopic (exact) mass is 436 g/mol. The Morgan fingerprint density at radius 2 is 1.93 bits per heavy atom. The summed E-state index contributed by atoms with van der Waals surface area (Å²) in [5, 5.41) is 1.87. The van der Waals surface area contributed by atoms with Crippen LogP contribution in [0.5, 0.6) is 0 Å². The predicted octanol–water partition coefficient (Wildman–Crippen LogP) is 3.10. The van der Waals surface area contributed by atoms with Crippen molar-refractivity contribution in [1.29, 1.82) is 0 Å². The summed E-state index contributed by atoms with van der Waals surface area (Å²) in [6, 6.07) is 3.67. The van der Waals surface area contributed by atoms with Gasteiger partial charge in [0.2, 0.25) is 5.91 Å². The lowest BCUT2D eigenvalue weighted by Gasteiger charge is -2.32. The lowest BCUT2D eigenvalue weighted by Crippen LogP contribution is -2.40. The van der Waals surface area contributed by atoms with Crippen LogP contribution in [0.15, 0.2) is 39.5 Å². The summed E-state index contributed by atoms with van der Waals surface area (Å²) < 4.78 is 10.7. The molecule has 1 saturated heterocycles. The van der Waals surface area contributed by atoms with Crippen LogP contribution in [0, 0.1) is 0 Å². The average Bonchev–Trinajstić information content (AvgIpc) is 3.30. The number of fused-ring (bicyclic) bond motifs is 1. The van der Waals surface area contributed by atoms with Gasteiger partial charge in [-0.2, -0.15) is 0 Å². The van der Waals surface area contributed by atoms with Crippen LogP contribution < -0.4 is 5.73 Å². The molecule has 3 rings (SSSR count). The molecule has 0 aliphatic carbocycles. The molecule has 9 heteroatoms. The van der Waals surface area contributed by atoms with E-state index in [0.29, 0.717) is 11.4 Å². The minimum absolute atomic E-state index is 0.0230.